The molecular formula is C13H6F6N4O2. The highest BCUT2D eigenvalue weighted by Crippen LogP contribution is 2.41. The number of carbonyl (C=O) groups is 1. The van der Waals surface area contributed by atoms with E-state index in [1.54, 1.807) is 0 Å². The van der Waals surface area contributed by atoms with E-state index in [-0.39, 0.29) is 28.6 Å². The van der Waals surface area contributed by atoms with Crippen molar-refractivity contribution in [2.45, 2.75) is 12.4 Å². The van der Waals surface area contributed by atoms with E-state index in [9.17, 15) is 31.1 Å². The molecule has 25 heavy (non-hydrogen) atoms. The molecule has 132 valence electrons. The van der Waals surface area contributed by atoms with Crippen molar-refractivity contribution >= 4 is 17.0 Å². The molecule has 3 rings (SSSR count). The van der Waals surface area contributed by atoms with E-state index >= 15 is 0 Å². The molecule has 0 saturated carbocycles. The van der Waals surface area contributed by atoms with Crippen LogP contribution in [0.4, 0.5) is 26.3 Å². The molecule has 3 aromatic rings. The number of rotatable bonds is 2. The molecular weight excluding hydrogens is 358 g/mol. The van der Waals surface area contributed by atoms with Gasteiger partial charge in [0.05, 0.1) is 33.9 Å². The highest BCUT2D eigenvalue weighted by molar-refractivity contribution is 5.87. The van der Waals surface area contributed by atoms with Gasteiger partial charge in [-0.2, -0.15) is 31.4 Å². The van der Waals surface area contributed by atoms with Crippen LogP contribution in [-0.2, 0) is 12.4 Å². The number of nitrogens with one attached hydrogen (secondary N) is 1. The molecule has 2 heterocycles. The number of H-pyrrole nitrogens is 1. The predicted molar refractivity (Wildman–Crippen MR) is 70.2 cm³/mol. The van der Waals surface area contributed by atoms with Crippen molar-refractivity contribution in [3.05, 3.63) is 41.2 Å². The molecule has 0 bridgehead atoms. The zero-order chi connectivity index (χ0) is 18.6. The molecule has 0 aliphatic carbocycles. The van der Waals surface area contributed by atoms with E-state index in [1.807, 2.05) is 0 Å². The lowest BCUT2D eigenvalue weighted by Gasteiger charge is -2.15. The maximum Gasteiger partial charge on any atom is 0.417 e. The number of hydrogen-bond acceptors (Lipinski definition) is 3. The minimum atomic E-state index is -5.22. The second-order valence-electron chi connectivity index (χ2n) is 4.95. The standard InChI is InChI=1S/C13H6F6N4O2/c14-12(15,16)6-1-8-9(2-7(6)13(17,18)19)22-11(21-8)23-4-5(3-20-23)10(24)25/h1-4H,(H,21,22)(H,24,25). The molecule has 0 amide bonds. The Morgan fingerprint density at radius 2 is 1.68 bits per heavy atom. The molecule has 0 atom stereocenters. The third kappa shape index (κ3) is 3.02. The van der Waals surface area contributed by atoms with Gasteiger partial charge in [0.25, 0.3) is 0 Å². The number of nitrogens with zero attached hydrogens (tertiary/aromatic N) is 3. The van der Waals surface area contributed by atoms with Crippen molar-refractivity contribution < 1.29 is 36.2 Å². The highest BCUT2D eigenvalue weighted by Gasteiger charge is 2.43. The van der Waals surface area contributed by atoms with Crippen LogP contribution in [0, 0.1) is 0 Å². The molecule has 0 radical (unpaired) electrons. The van der Waals surface area contributed by atoms with Crippen LogP contribution in [0.1, 0.15) is 21.5 Å². The first-order valence-electron chi connectivity index (χ1n) is 6.43. The minimum Gasteiger partial charge on any atom is -0.478 e. The third-order valence-corrected chi connectivity index (χ3v) is 3.27. The van der Waals surface area contributed by atoms with E-state index in [4.69, 9.17) is 5.11 Å². The molecule has 0 spiro atoms. The van der Waals surface area contributed by atoms with Crippen LogP contribution in [-0.4, -0.2) is 30.8 Å². The fraction of sp³-hybridized carbons (Fsp3) is 0.154. The van der Waals surface area contributed by atoms with Crippen molar-refractivity contribution in [2.24, 2.45) is 0 Å². The summed E-state index contributed by atoms with van der Waals surface area (Å²) in [5.41, 5.74) is -4.62. The average Bonchev–Trinajstić information content (AvgIpc) is 3.10. The summed E-state index contributed by atoms with van der Waals surface area (Å²) in [5, 5.41) is 12.4. The number of carboxylic acids is 1. The maximum atomic E-state index is 12.9. The number of aromatic carboxylic acids is 1. The molecule has 0 fully saturated rings. The molecule has 6 nitrogen and oxygen atoms in total. The van der Waals surface area contributed by atoms with Gasteiger partial charge in [0, 0.05) is 6.20 Å². The molecule has 2 N–H and O–H groups in total. The number of fused-ring (bicyclic) bond motifs is 1. The van der Waals surface area contributed by atoms with Gasteiger partial charge in [0.1, 0.15) is 0 Å². The van der Waals surface area contributed by atoms with Crippen molar-refractivity contribution in [1.29, 1.82) is 0 Å². The molecule has 0 unspecified atom stereocenters. The van der Waals surface area contributed by atoms with E-state index in [0.29, 0.717) is 6.07 Å². The summed E-state index contributed by atoms with van der Waals surface area (Å²) >= 11 is 0. The van der Waals surface area contributed by atoms with Gasteiger partial charge >= 0.3 is 18.3 Å². The Morgan fingerprint density at radius 3 is 2.20 bits per heavy atom. The number of imidazole rings is 1. The van der Waals surface area contributed by atoms with Gasteiger partial charge in [-0.05, 0) is 12.1 Å². The largest absolute Gasteiger partial charge is 0.478 e. The maximum absolute atomic E-state index is 12.9. The van der Waals surface area contributed by atoms with Crippen molar-refractivity contribution in [3.63, 3.8) is 0 Å². The third-order valence-electron chi connectivity index (χ3n) is 3.27. The first kappa shape index (κ1) is 16.8. The number of alkyl halides is 6. The van der Waals surface area contributed by atoms with E-state index < -0.39 is 29.4 Å². The number of aromatic amines is 1. The summed E-state index contributed by atoms with van der Waals surface area (Å²) in [6.07, 6.45) is -8.47. The Labute approximate surface area is 133 Å². The topological polar surface area (TPSA) is 83.8 Å². The molecule has 12 heteroatoms. The van der Waals surface area contributed by atoms with Crippen LogP contribution in [0.2, 0.25) is 0 Å². The summed E-state index contributed by atoms with van der Waals surface area (Å²) < 4.78 is 78.4. The molecule has 1 aromatic carbocycles. The van der Waals surface area contributed by atoms with Crippen LogP contribution in [0.25, 0.3) is 17.0 Å². The Morgan fingerprint density at radius 1 is 1.08 bits per heavy atom. The fourth-order valence-electron chi connectivity index (χ4n) is 2.17. The lowest BCUT2D eigenvalue weighted by Crippen LogP contribution is -2.16. The van der Waals surface area contributed by atoms with Crippen LogP contribution in [0.15, 0.2) is 24.5 Å². The zero-order valence-corrected chi connectivity index (χ0v) is 11.8. The van der Waals surface area contributed by atoms with Gasteiger partial charge < -0.3 is 10.1 Å². The summed E-state index contributed by atoms with van der Waals surface area (Å²) in [4.78, 5) is 16.9. The Hall–Kier alpha value is -3.05. The summed E-state index contributed by atoms with van der Waals surface area (Å²) in [6, 6.07) is 0.579. The lowest BCUT2D eigenvalue weighted by atomic mass is 10.1. The van der Waals surface area contributed by atoms with Gasteiger partial charge in [0.2, 0.25) is 5.95 Å². The van der Waals surface area contributed by atoms with Crippen LogP contribution in [0.3, 0.4) is 0 Å². The highest BCUT2D eigenvalue weighted by atomic mass is 19.4. The monoisotopic (exact) mass is 364 g/mol. The second kappa shape index (κ2) is 5.22. The number of carboxylic acid groups (broad SMARTS) is 1. The zero-order valence-electron chi connectivity index (χ0n) is 11.8. The SMILES string of the molecule is O=C(O)c1cnn(-c2nc3cc(C(F)(F)F)c(C(F)(F)F)cc3[nH]2)c1. The number of aromatic nitrogens is 4. The number of hydrogen-bond donors (Lipinski definition) is 2. The minimum absolute atomic E-state index is 0.227. The smallest absolute Gasteiger partial charge is 0.417 e. The van der Waals surface area contributed by atoms with E-state index in [0.717, 1.165) is 17.1 Å². The second-order valence-corrected chi connectivity index (χ2v) is 4.95. The van der Waals surface area contributed by atoms with E-state index in [2.05, 4.69) is 15.1 Å². The first-order valence-corrected chi connectivity index (χ1v) is 6.43. The Balaban J connectivity index is 2.18. The number of benzene rings is 1. The molecule has 0 saturated heterocycles. The van der Waals surface area contributed by atoms with Crippen molar-refractivity contribution in [3.8, 4) is 5.95 Å². The Bertz CT molecular complexity index is 918. The van der Waals surface area contributed by atoms with Crippen LogP contribution in [0.5, 0.6) is 0 Å². The summed E-state index contributed by atoms with van der Waals surface area (Å²) in [7, 11) is 0. The van der Waals surface area contributed by atoms with Gasteiger partial charge in [-0.3, -0.25) is 0 Å². The van der Waals surface area contributed by atoms with E-state index in [1.165, 1.54) is 0 Å². The normalized spacial score (nSPS) is 12.7. The van der Waals surface area contributed by atoms with Crippen molar-refractivity contribution in [1.82, 2.24) is 19.7 Å². The number of halogens is 6. The van der Waals surface area contributed by atoms with Gasteiger partial charge in [-0.25, -0.2) is 14.5 Å². The Kier molecular flexibility index (Phi) is 3.51. The van der Waals surface area contributed by atoms with Gasteiger partial charge in [-0.1, -0.05) is 0 Å². The van der Waals surface area contributed by atoms with Crippen LogP contribution < -0.4 is 0 Å². The molecule has 0 aliphatic rings. The summed E-state index contributed by atoms with van der Waals surface area (Å²) in [5.74, 6) is -1.53. The molecule has 0 aliphatic heterocycles. The summed E-state index contributed by atoms with van der Waals surface area (Å²) in [6.45, 7) is 0. The predicted octanol–water partition coefficient (Wildman–Crippen LogP) is 3.48. The van der Waals surface area contributed by atoms with Crippen LogP contribution >= 0.6 is 0 Å². The van der Waals surface area contributed by atoms with Crippen molar-refractivity contribution in [2.75, 3.05) is 0 Å². The quantitative estimate of drug-likeness (QED) is 0.682. The molecule has 2 aromatic heterocycles. The lowest BCUT2D eigenvalue weighted by molar-refractivity contribution is -0.161. The fourth-order valence-corrected chi connectivity index (χ4v) is 2.17. The average molecular weight is 364 g/mol. The van der Waals surface area contributed by atoms with Gasteiger partial charge in [-0.15, -0.1) is 0 Å². The first-order chi connectivity index (χ1) is 11.5. The van der Waals surface area contributed by atoms with Gasteiger partial charge in [0.15, 0.2) is 0 Å².